The second-order valence-electron chi connectivity index (χ2n) is 16.8. The maximum absolute atomic E-state index is 6.56. The number of fused-ring (bicyclic) bond motifs is 6. The van der Waals surface area contributed by atoms with Crippen LogP contribution in [0, 0.1) is 19.3 Å². The van der Waals surface area contributed by atoms with E-state index in [9.17, 15) is 0 Å². The summed E-state index contributed by atoms with van der Waals surface area (Å²) in [6.45, 7) is 13.1. The van der Waals surface area contributed by atoms with Gasteiger partial charge in [0.25, 0.3) is 0 Å². The van der Waals surface area contributed by atoms with Gasteiger partial charge < -0.3 is 14.2 Å². The molecule has 10 rings (SSSR count). The van der Waals surface area contributed by atoms with Gasteiger partial charge in [-0.15, -0.1) is 6.42 Å². The molecule has 0 bridgehead atoms. The fourth-order valence-electron chi connectivity index (χ4n) is 10.0. The average molecular weight is 833 g/mol. The first-order valence-electron chi connectivity index (χ1n) is 22.8. The Balaban J connectivity index is 0.000000165. The van der Waals surface area contributed by atoms with E-state index in [2.05, 4.69) is 226 Å². The van der Waals surface area contributed by atoms with E-state index in [1.165, 1.54) is 77.7 Å². The second-order valence-corrected chi connectivity index (χ2v) is 16.8. The van der Waals surface area contributed by atoms with Gasteiger partial charge in [-0.3, -0.25) is 0 Å². The Morgan fingerprint density at radius 2 is 1.62 bits per heavy atom. The van der Waals surface area contributed by atoms with Gasteiger partial charge in [0.1, 0.15) is 5.76 Å². The molecule has 0 saturated carbocycles. The number of allylic oxidation sites excluding steroid dienone is 14. The number of para-hydroxylation sites is 2. The van der Waals surface area contributed by atoms with Gasteiger partial charge in [0.05, 0.1) is 22.8 Å². The number of terminal acetylenes is 1. The lowest BCUT2D eigenvalue weighted by Gasteiger charge is -2.30. The highest BCUT2D eigenvalue weighted by Gasteiger charge is 2.49. The molecule has 0 amide bonds. The molecule has 4 aliphatic rings. The largest absolute Gasteiger partial charge is 0.473 e. The maximum Gasteiger partial charge on any atom is 0.187 e. The molecule has 0 fully saturated rings. The van der Waals surface area contributed by atoms with Crippen molar-refractivity contribution in [2.24, 2.45) is 0 Å². The SMILES string of the molecule is C#CC1=CC2=C(CC1)OC1C2c2ccccc2N1/C1=C/C=C\C/C=C\C=C/C1=C.C/C=C\C(=C/C)c1ccc(CCC)c(-c2c(C)n(-c3cccc4ccccc34)c3ccccc23)c1. The van der Waals surface area contributed by atoms with Crippen LogP contribution < -0.4 is 4.90 Å². The highest BCUT2D eigenvalue weighted by molar-refractivity contribution is 6.02. The first-order valence-corrected chi connectivity index (χ1v) is 22.8. The van der Waals surface area contributed by atoms with Crippen LogP contribution in [0.4, 0.5) is 5.69 Å². The second kappa shape index (κ2) is 18.6. The Bertz CT molecular complexity index is 3080. The molecule has 3 nitrogen and oxygen atoms in total. The summed E-state index contributed by atoms with van der Waals surface area (Å²) in [5.74, 6) is 4.09. The van der Waals surface area contributed by atoms with Crippen molar-refractivity contribution in [1.29, 1.82) is 0 Å². The van der Waals surface area contributed by atoms with Crippen LogP contribution in [0.15, 0.2) is 211 Å². The number of benzene rings is 5. The molecule has 6 aromatic rings. The summed E-state index contributed by atoms with van der Waals surface area (Å²) in [5, 5.41) is 3.85. The van der Waals surface area contributed by atoms with E-state index in [1.807, 2.05) is 0 Å². The first kappa shape index (κ1) is 42.0. The van der Waals surface area contributed by atoms with Crippen molar-refractivity contribution in [2.45, 2.75) is 71.9 Å². The lowest BCUT2D eigenvalue weighted by molar-refractivity contribution is 0.135. The van der Waals surface area contributed by atoms with Gasteiger partial charge in [-0.25, -0.2) is 0 Å². The molecular formula is C61H56N2O. The molecule has 0 spiro atoms. The van der Waals surface area contributed by atoms with Crippen LogP contribution in [0.1, 0.15) is 74.8 Å². The molecule has 0 radical (unpaired) electrons. The number of hydrogen-bond acceptors (Lipinski definition) is 2. The van der Waals surface area contributed by atoms with Crippen molar-refractivity contribution in [2.75, 3.05) is 4.90 Å². The molecular weight excluding hydrogens is 777 g/mol. The lowest BCUT2D eigenvalue weighted by atomic mass is 9.87. The van der Waals surface area contributed by atoms with E-state index < -0.39 is 0 Å². The van der Waals surface area contributed by atoms with Crippen molar-refractivity contribution >= 4 is 32.9 Å². The minimum Gasteiger partial charge on any atom is -0.473 e. The number of rotatable bonds is 7. The van der Waals surface area contributed by atoms with Gasteiger partial charge in [-0.2, -0.15) is 0 Å². The summed E-state index contributed by atoms with van der Waals surface area (Å²) >= 11 is 0. The average Bonchev–Trinajstić information content (AvgIpc) is 3.96. The van der Waals surface area contributed by atoms with E-state index in [-0.39, 0.29) is 12.1 Å². The predicted molar refractivity (Wildman–Crippen MR) is 272 cm³/mol. The van der Waals surface area contributed by atoms with Crippen LogP contribution in [0.25, 0.3) is 44.1 Å². The van der Waals surface area contributed by atoms with E-state index >= 15 is 0 Å². The molecule has 0 saturated heterocycles. The van der Waals surface area contributed by atoms with Crippen molar-refractivity contribution < 1.29 is 4.74 Å². The summed E-state index contributed by atoms with van der Waals surface area (Å²) in [5.41, 5.74) is 17.2. The summed E-state index contributed by atoms with van der Waals surface area (Å²) in [6.07, 6.45) is 33.9. The summed E-state index contributed by atoms with van der Waals surface area (Å²) in [4.78, 5) is 2.31. The van der Waals surface area contributed by atoms with E-state index in [4.69, 9.17) is 11.2 Å². The van der Waals surface area contributed by atoms with Crippen LogP contribution in [-0.2, 0) is 11.2 Å². The monoisotopic (exact) mass is 832 g/mol. The van der Waals surface area contributed by atoms with Gasteiger partial charge >= 0.3 is 0 Å². The molecule has 3 heteroatoms. The predicted octanol–water partition coefficient (Wildman–Crippen LogP) is 15.8. The number of ether oxygens (including phenoxy) is 1. The maximum atomic E-state index is 6.56. The van der Waals surface area contributed by atoms with Crippen molar-refractivity contribution in [3.8, 4) is 29.2 Å². The summed E-state index contributed by atoms with van der Waals surface area (Å²) in [7, 11) is 0. The fraction of sp³-hybridized carbons (Fsp3) is 0.180. The Hall–Kier alpha value is -7.28. The third-order valence-corrected chi connectivity index (χ3v) is 12.9. The van der Waals surface area contributed by atoms with Crippen molar-refractivity contribution in [1.82, 2.24) is 4.57 Å². The third-order valence-electron chi connectivity index (χ3n) is 12.9. The quantitative estimate of drug-likeness (QED) is 0.118. The minimum absolute atomic E-state index is 0.103. The smallest absolute Gasteiger partial charge is 0.187 e. The van der Waals surface area contributed by atoms with Gasteiger partial charge in [0.15, 0.2) is 6.23 Å². The zero-order chi connectivity index (χ0) is 44.2. The van der Waals surface area contributed by atoms with Gasteiger partial charge in [0.2, 0.25) is 0 Å². The Labute approximate surface area is 379 Å². The molecule has 2 atom stereocenters. The zero-order valence-electron chi connectivity index (χ0n) is 37.5. The van der Waals surface area contributed by atoms with Gasteiger partial charge in [0, 0.05) is 45.3 Å². The molecule has 2 aliphatic carbocycles. The number of hydrogen-bond donors (Lipinski definition) is 0. The number of aromatic nitrogens is 1. The van der Waals surface area contributed by atoms with E-state index in [0.717, 1.165) is 54.7 Å². The van der Waals surface area contributed by atoms with Crippen molar-refractivity contribution in [3.63, 3.8) is 0 Å². The van der Waals surface area contributed by atoms with Gasteiger partial charge in [-0.1, -0.05) is 165 Å². The highest BCUT2D eigenvalue weighted by atomic mass is 16.5. The highest BCUT2D eigenvalue weighted by Crippen LogP contribution is 2.55. The third kappa shape index (κ3) is 7.75. The fourth-order valence-corrected chi connectivity index (χ4v) is 10.0. The van der Waals surface area contributed by atoms with Gasteiger partial charge in [-0.05, 0) is 115 Å². The number of anilines is 1. The van der Waals surface area contributed by atoms with Crippen LogP contribution in [-0.4, -0.2) is 10.8 Å². The standard InChI is InChI=1S/C34H33N.C27H23NO/c1-5-13-25(7-3)28-22-21-26(14-6-2)31(23-28)34-24(4)35(33-19-11-10-18-30(33)34)32-20-12-16-27-15-8-9-17-29(27)32;1-3-20-16-17-25-22(18-20)26-21-13-10-11-15-24(21)28(27(26)29-25)23-14-9-7-5-4-6-8-12-19(23)2/h5,7-13,15-23H,6,14H2,1-4H3;1,4,6-15,18,26-27H,2,5,16-17H2/b13-5-,25-7+;6-4-,9-7-,12-8-,23-14+. The van der Waals surface area contributed by atoms with Crippen LogP contribution in [0.5, 0.6) is 0 Å². The molecule has 316 valence electrons. The molecule has 2 unspecified atom stereocenters. The molecule has 3 heterocycles. The van der Waals surface area contributed by atoms with E-state index in [0.29, 0.717) is 0 Å². The van der Waals surface area contributed by atoms with Crippen LogP contribution >= 0.6 is 0 Å². The summed E-state index contributed by atoms with van der Waals surface area (Å²) in [6, 6.07) is 39.8. The normalized spacial score (nSPS) is 20.3. The topological polar surface area (TPSA) is 17.4 Å². The van der Waals surface area contributed by atoms with E-state index in [1.54, 1.807) is 0 Å². The number of nitrogens with zero attached hydrogens (tertiary/aromatic N) is 2. The molecule has 2 aliphatic heterocycles. The minimum atomic E-state index is -0.103. The Kier molecular flexibility index (Phi) is 12.2. The van der Waals surface area contributed by atoms with Crippen molar-refractivity contribution in [3.05, 3.63) is 233 Å². The molecule has 1 aromatic heterocycles. The van der Waals surface area contributed by atoms with Crippen LogP contribution in [0.2, 0.25) is 0 Å². The zero-order valence-corrected chi connectivity index (χ0v) is 37.5. The first-order chi connectivity index (χ1) is 31.4. The molecule has 0 N–H and O–H groups in total. The summed E-state index contributed by atoms with van der Waals surface area (Å²) < 4.78 is 9.01. The molecule has 5 aromatic carbocycles. The number of aryl methyl sites for hydroxylation is 1. The Morgan fingerprint density at radius 1 is 0.859 bits per heavy atom. The lowest BCUT2D eigenvalue weighted by Crippen LogP contribution is -2.33. The van der Waals surface area contributed by atoms with Crippen LogP contribution in [0.3, 0.4) is 0 Å². The molecule has 64 heavy (non-hydrogen) atoms. The Morgan fingerprint density at radius 3 is 2.45 bits per heavy atom.